The van der Waals surface area contributed by atoms with Gasteiger partial charge in [0.25, 0.3) is 11.8 Å². The zero-order valence-electron chi connectivity index (χ0n) is 16.5. The van der Waals surface area contributed by atoms with E-state index in [1.165, 1.54) is 6.42 Å². The zero-order chi connectivity index (χ0) is 20.4. The maximum absolute atomic E-state index is 12.6. The normalized spacial score (nSPS) is 24.0. The topological polar surface area (TPSA) is 84.0 Å². The number of nitrogens with zero attached hydrogens (tertiary/aromatic N) is 2. The number of rotatable bonds is 4. The molecule has 0 N–H and O–H groups in total. The Morgan fingerprint density at radius 1 is 1.03 bits per heavy atom. The van der Waals surface area contributed by atoms with Crippen LogP contribution in [0.15, 0.2) is 24.3 Å². The van der Waals surface area contributed by atoms with Crippen molar-refractivity contribution in [1.29, 1.82) is 0 Å². The summed E-state index contributed by atoms with van der Waals surface area (Å²) in [6.07, 6.45) is 6.75. The Morgan fingerprint density at radius 2 is 1.79 bits per heavy atom. The minimum absolute atomic E-state index is 0.0744. The summed E-state index contributed by atoms with van der Waals surface area (Å²) in [5.74, 6) is -1.30. The largest absolute Gasteiger partial charge is 0.454 e. The number of carbonyl (C=O) groups is 4. The van der Waals surface area contributed by atoms with Gasteiger partial charge in [-0.05, 0) is 43.2 Å². The molecule has 0 radical (unpaired) electrons. The molecule has 1 aromatic rings. The molecular weight excluding hydrogens is 372 g/mol. The van der Waals surface area contributed by atoms with Crippen molar-refractivity contribution < 1.29 is 23.9 Å². The van der Waals surface area contributed by atoms with Crippen molar-refractivity contribution in [2.24, 2.45) is 5.92 Å². The van der Waals surface area contributed by atoms with E-state index < -0.39 is 24.3 Å². The monoisotopic (exact) mass is 398 g/mol. The number of hydrogen-bond donors (Lipinski definition) is 0. The average molecular weight is 398 g/mol. The third kappa shape index (κ3) is 4.04. The number of piperidine rings is 1. The molecule has 1 aliphatic carbocycles. The molecule has 0 bridgehead atoms. The van der Waals surface area contributed by atoms with Gasteiger partial charge < -0.3 is 9.64 Å². The maximum atomic E-state index is 12.6. The molecular formula is C22H26N2O5. The molecule has 0 spiro atoms. The van der Waals surface area contributed by atoms with E-state index in [1.807, 2.05) is 4.90 Å². The van der Waals surface area contributed by atoms with Crippen LogP contribution in [0, 0.1) is 5.92 Å². The number of amides is 3. The van der Waals surface area contributed by atoms with Crippen LogP contribution in [0.5, 0.6) is 0 Å². The van der Waals surface area contributed by atoms with Gasteiger partial charge in [0.15, 0.2) is 6.61 Å². The predicted octanol–water partition coefficient (Wildman–Crippen LogP) is 1.94. The number of fused-ring (bicyclic) bond motifs is 2. The first-order chi connectivity index (χ1) is 14.0. The van der Waals surface area contributed by atoms with Gasteiger partial charge in [-0.1, -0.05) is 31.0 Å². The van der Waals surface area contributed by atoms with E-state index in [4.69, 9.17) is 4.74 Å². The van der Waals surface area contributed by atoms with Crippen LogP contribution >= 0.6 is 0 Å². The van der Waals surface area contributed by atoms with Crippen LogP contribution in [0.2, 0.25) is 0 Å². The number of imide groups is 1. The predicted molar refractivity (Wildman–Crippen MR) is 104 cm³/mol. The molecule has 1 aromatic carbocycles. The van der Waals surface area contributed by atoms with Gasteiger partial charge in [-0.3, -0.25) is 24.1 Å². The van der Waals surface area contributed by atoms with Crippen LogP contribution in [0.3, 0.4) is 0 Å². The molecule has 3 aliphatic rings. The second kappa shape index (κ2) is 8.35. The van der Waals surface area contributed by atoms with E-state index in [1.54, 1.807) is 24.3 Å². The molecule has 1 saturated carbocycles. The highest BCUT2D eigenvalue weighted by Crippen LogP contribution is 2.35. The molecule has 2 fully saturated rings. The van der Waals surface area contributed by atoms with Gasteiger partial charge in [-0.15, -0.1) is 0 Å². The van der Waals surface area contributed by atoms with E-state index in [0.29, 0.717) is 23.6 Å². The van der Waals surface area contributed by atoms with Gasteiger partial charge in [-0.25, -0.2) is 0 Å². The van der Waals surface area contributed by atoms with Crippen molar-refractivity contribution in [2.45, 2.75) is 51.0 Å². The van der Waals surface area contributed by atoms with Gasteiger partial charge in [0.05, 0.1) is 6.42 Å². The first-order valence-electron chi connectivity index (χ1n) is 10.4. The molecule has 0 unspecified atom stereocenters. The molecule has 7 heteroatoms. The lowest BCUT2D eigenvalue weighted by molar-refractivity contribution is -0.156. The van der Waals surface area contributed by atoms with E-state index in [0.717, 1.165) is 37.0 Å². The SMILES string of the molecule is O=C(CN1C(=O)Cc2ccccc2C1=O)OCC(=O)N1CCC[C@H]2CCCC[C@@H]21. The molecule has 0 aromatic heterocycles. The molecule has 2 heterocycles. The van der Waals surface area contributed by atoms with Crippen molar-refractivity contribution in [2.75, 3.05) is 19.7 Å². The maximum Gasteiger partial charge on any atom is 0.326 e. The zero-order valence-corrected chi connectivity index (χ0v) is 16.5. The highest BCUT2D eigenvalue weighted by molar-refractivity contribution is 6.11. The Balaban J connectivity index is 1.32. The Morgan fingerprint density at radius 3 is 2.66 bits per heavy atom. The van der Waals surface area contributed by atoms with Crippen LogP contribution in [0.4, 0.5) is 0 Å². The number of benzene rings is 1. The highest BCUT2D eigenvalue weighted by atomic mass is 16.5. The van der Waals surface area contributed by atoms with Gasteiger partial charge in [0.2, 0.25) is 5.91 Å². The van der Waals surface area contributed by atoms with E-state index in [9.17, 15) is 19.2 Å². The highest BCUT2D eigenvalue weighted by Gasteiger charge is 2.36. The fourth-order valence-corrected chi connectivity index (χ4v) is 4.89. The molecule has 2 atom stereocenters. The van der Waals surface area contributed by atoms with Gasteiger partial charge in [-0.2, -0.15) is 0 Å². The minimum atomic E-state index is -0.739. The lowest BCUT2D eigenvalue weighted by Gasteiger charge is -2.44. The van der Waals surface area contributed by atoms with E-state index >= 15 is 0 Å². The fourth-order valence-electron chi connectivity index (χ4n) is 4.89. The molecule has 1 saturated heterocycles. The number of esters is 1. The molecule has 7 nitrogen and oxygen atoms in total. The lowest BCUT2D eigenvalue weighted by Crippen LogP contribution is -2.51. The number of hydrogen-bond acceptors (Lipinski definition) is 5. The first-order valence-corrected chi connectivity index (χ1v) is 10.4. The smallest absolute Gasteiger partial charge is 0.326 e. The first kappa shape index (κ1) is 19.6. The third-order valence-electron chi connectivity index (χ3n) is 6.34. The summed E-state index contributed by atoms with van der Waals surface area (Å²) < 4.78 is 5.15. The van der Waals surface area contributed by atoms with Crippen molar-refractivity contribution >= 4 is 23.7 Å². The van der Waals surface area contributed by atoms with Gasteiger partial charge in [0.1, 0.15) is 6.54 Å². The number of likely N-dealkylation sites (tertiary alicyclic amines) is 1. The van der Waals surface area contributed by atoms with Crippen LogP contribution in [-0.2, 0) is 25.5 Å². The summed E-state index contributed by atoms with van der Waals surface area (Å²) in [7, 11) is 0. The Kier molecular flexibility index (Phi) is 5.65. The van der Waals surface area contributed by atoms with Crippen molar-refractivity contribution in [3.05, 3.63) is 35.4 Å². The van der Waals surface area contributed by atoms with Crippen LogP contribution in [0.1, 0.15) is 54.4 Å². The van der Waals surface area contributed by atoms with Crippen molar-refractivity contribution in [3.8, 4) is 0 Å². The summed E-state index contributed by atoms with van der Waals surface area (Å²) in [6, 6.07) is 7.12. The quantitative estimate of drug-likeness (QED) is 0.572. The van der Waals surface area contributed by atoms with Crippen LogP contribution < -0.4 is 0 Å². The molecule has 3 amide bonds. The summed E-state index contributed by atoms with van der Waals surface area (Å²) >= 11 is 0. The van der Waals surface area contributed by atoms with Crippen molar-refractivity contribution in [1.82, 2.24) is 9.80 Å². The van der Waals surface area contributed by atoms with Gasteiger partial charge in [0, 0.05) is 18.2 Å². The summed E-state index contributed by atoms with van der Waals surface area (Å²) in [6.45, 7) is -0.0996. The molecule has 29 heavy (non-hydrogen) atoms. The van der Waals surface area contributed by atoms with Crippen LogP contribution in [0.25, 0.3) is 0 Å². The fraction of sp³-hybridized carbons (Fsp3) is 0.545. The number of carbonyl (C=O) groups excluding carboxylic acids is 4. The molecule has 154 valence electrons. The minimum Gasteiger partial charge on any atom is -0.454 e. The summed E-state index contributed by atoms with van der Waals surface area (Å²) in [5.41, 5.74) is 1.09. The van der Waals surface area contributed by atoms with Gasteiger partial charge >= 0.3 is 5.97 Å². The van der Waals surface area contributed by atoms with E-state index in [-0.39, 0.29) is 25.0 Å². The lowest BCUT2D eigenvalue weighted by atomic mass is 9.78. The molecule has 2 aliphatic heterocycles. The summed E-state index contributed by atoms with van der Waals surface area (Å²) in [4.78, 5) is 52.5. The van der Waals surface area contributed by atoms with E-state index in [2.05, 4.69) is 0 Å². The molecule has 4 rings (SSSR count). The second-order valence-electron chi connectivity index (χ2n) is 8.12. The average Bonchev–Trinajstić information content (AvgIpc) is 2.74. The Hall–Kier alpha value is -2.70. The third-order valence-corrected chi connectivity index (χ3v) is 6.34. The Bertz CT molecular complexity index is 834. The van der Waals surface area contributed by atoms with Crippen LogP contribution in [-0.4, -0.2) is 59.2 Å². The number of ether oxygens (including phenoxy) is 1. The van der Waals surface area contributed by atoms with Crippen molar-refractivity contribution in [3.63, 3.8) is 0 Å². The second-order valence-corrected chi connectivity index (χ2v) is 8.12. The standard InChI is InChI=1S/C22H26N2O5/c25-19-12-16-7-1-3-9-17(16)22(28)24(19)13-21(27)29-14-20(26)23-11-5-8-15-6-2-4-10-18(15)23/h1,3,7,9,15,18H,2,4-6,8,10-14H2/t15-,18+/m1/s1. The Labute approximate surface area is 170 Å². The summed E-state index contributed by atoms with van der Waals surface area (Å²) in [5, 5.41) is 0.